The van der Waals surface area contributed by atoms with Crippen LogP contribution in [0.1, 0.15) is 27.3 Å². The number of carbonyl (C=O) groups is 1. The number of aliphatic imine (C=N–C) groups is 1. The lowest BCUT2D eigenvalue weighted by atomic mass is 10.1. The molecule has 0 saturated carbocycles. The van der Waals surface area contributed by atoms with E-state index in [1.807, 2.05) is 6.07 Å². The molecule has 0 spiro atoms. The Bertz CT molecular complexity index is 988. The minimum atomic E-state index is -2.59. The zero-order chi connectivity index (χ0) is 19.6. The summed E-state index contributed by atoms with van der Waals surface area (Å²) in [6.07, 6.45) is 1.25. The lowest BCUT2D eigenvalue weighted by Gasteiger charge is -2.25. The number of carbonyl (C=O) groups excluding carboxylic acids is 1. The third kappa shape index (κ3) is 3.73. The highest BCUT2D eigenvalue weighted by atomic mass is 19.2. The standard InChI is InChI=1S/C17H14F2N6O2/c1-9-4-10(5-20)6-22-14(9)16(26)24-13-3-2-11(18)15(23-13)17(19)8-27-7-12(21)25-17/h2-4,6H,7-8H2,1H3,(H2,21,25)(H,23,24,26)/t17-/m0/s1. The zero-order valence-electron chi connectivity index (χ0n) is 14.2. The van der Waals surface area contributed by atoms with E-state index in [1.54, 1.807) is 6.92 Å². The van der Waals surface area contributed by atoms with Crippen LogP contribution in [0, 0.1) is 24.1 Å². The Hall–Kier alpha value is -3.45. The Kier molecular flexibility index (Phi) is 4.79. The van der Waals surface area contributed by atoms with Crippen molar-refractivity contribution in [1.82, 2.24) is 9.97 Å². The molecule has 0 aliphatic carbocycles. The van der Waals surface area contributed by atoms with E-state index in [0.717, 1.165) is 6.07 Å². The maximum Gasteiger partial charge on any atom is 0.275 e. The summed E-state index contributed by atoms with van der Waals surface area (Å²) < 4.78 is 34.0. The summed E-state index contributed by atoms with van der Waals surface area (Å²) in [5.74, 6) is -4.41. The topological polar surface area (TPSA) is 126 Å². The van der Waals surface area contributed by atoms with Crippen LogP contribution < -0.4 is 11.1 Å². The van der Waals surface area contributed by atoms with E-state index in [4.69, 9.17) is 15.7 Å². The lowest BCUT2D eigenvalue weighted by Crippen LogP contribution is -2.38. The Labute approximate surface area is 152 Å². The van der Waals surface area contributed by atoms with Gasteiger partial charge >= 0.3 is 0 Å². The number of nitrogens with one attached hydrogen (secondary N) is 1. The van der Waals surface area contributed by atoms with Gasteiger partial charge in [0.1, 0.15) is 48.1 Å². The van der Waals surface area contributed by atoms with Gasteiger partial charge in [0.2, 0.25) is 0 Å². The summed E-state index contributed by atoms with van der Waals surface area (Å²) in [5, 5.41) is 11.3. The molecule has 0 aromatic carbocycles. The second kappa shape index (κ2) is 7.05. The highest BCUT2D eigenvalue weighted by molar-refractivity contribution is 6.03. The number of hydrogen-bond acceptors (Lipinski definition) is 7. The predicted octanol–water partition coefficient (Wildman–Crippen LogP) is 1.56. The molecule has 138 valence electrons. The van der Waals surface area contributed by atoms with Crippen molar-refractivity contribution >= 4 is 17.6 Å². The summed E-state index contributed by atoms with van der Waals surface area (Å²) in [6.45, 7) is 0.998. The third-order valence-electron chi connectivity index (χ3n) is 3.74. The average molecular weight is 372 g/mol. The fourth-order valence-electron chi connectivity index (χ4n) is 2.53. The van der Waals surface area contributed by atoms with Gasteiger partial charge in [0.15, 0.2) is 0 Å². The average Bonchev–Trinajstić information content (AvgIpc) is 2.62. The van der Waals surface area contributed by atoms with E-state index in [-0.39, 0.29) is 24.0 Å². The van der Waals surface area contributed by atoms with Gasteiger partial charge < -0.3 is 15.8 Å². The Balaban J connectivity index is 1.90. The minimum Gasteiger partial charge on any atom is -0.385 e. The number of nitriles is 1. The first-order chi connectivity index (χ1) is 12.8. The van der Waals surface area contributed by atoms with Gasteiger partial charge in [0.25, 0.3) is 11.7 Å². The number of amidine groups is 1. The number of aryl methyl sites for hydroxylation is 1. The molecule has 3 rings (SSSR count). The number of halogens is 2. The number of ether oxygens (including phenoxy) is 1. The summed E-state index contributed by atoms with van der Waals surface area (Å²) in [5.41, 5.74) is 5.65. The highest BCUT2D eigenvalue weighted by Crippen LogP contribution is 2.31. The molecule has 3 N–H and O–H groups in total. The summed E-state index contributed by atoms with van der Waals surface area (Å²) in [4.78, 5) is 23.7. The van der Waals surface area contributed by atoms with Crippen LogP contribution in [0.3, 0.4) is 0 Å². The predicted molar refractivity (Wildman–Crippen MR) is 91.1 cm³/mol. The lowest BCUT2D eigenvalue weighted by molar-refractivity contribution is 0.0140. The molecule has 0 fully saturated rings. The van der Waals surface area contributed by atoms with Crippen LogP contribution in [-0.4, -0.2) is 34.9 Å². The van der Waals surface area contributed by atoms with E-state index in [2.05, 4.69) is 20.3 Å². The first kappa shape index (κ1) is 18.3. The molecule has 0 bridgehead atoms. The van der Waals surface area contributed by atoms with E-state index in [9.17, 15) is 13.6 Å². The molecule has 0 radical (unpaired) electrons. The van der Waals surface area contributed by atoms with Crippen molar-refractivity contribution < 1.29 is 18.3 Å². The molecule has 2 aromatic heterocycles. The van der Waals surface area contributed by atoms with Gasteiger partial charge in [-0.3, -0.25) is 4.79 Å². The Morgan fingerprint density at radius 1 is 1.48 bits per heavy atom. The molecule has 27 heavy (non-hydrogen) atoms. The van der Waals surface area contributed by atoms with E-state index >= 15 is 0 Å². The Morgan fingerprint density at radius 3 is 2.93 bits per heavy atom. The number of pyridine rings is 2. The van der Waals surface area contributed by atoms with Crippen LogP contribution >= 0.6 is 0 Å². The molecular weight excluding hydrogens is 358 g/mol. The number of amides is 1. The SMILES string of the molecule is Cc1cc(C#N)cnc1C(=O)Nc1ccc(F)c([C@]2(F)COCC(N)=N2)n1. The van der Waals surface area contributed by atoms with Crippen molar-refractivity contribution in [3.05, 3.63) is 52.7 Å². The number of aromatic nitrogens is 2. The number of alkyl halides is 1. The third-order valence-corrected chi connectivity index (χ3v) is 3.74. The molecule has 0 saturated heterocycles. The molecular formula is C17H14F2N6O2. The van der Waals surface area contributed by atoms with Crippen molar-refractivity contribution in [2.45, 2.75) is 12.7 Å². The number of anilines is 1. The van der Waals surface area contributed by atoms with Crippen molar-refractivity contribution in [2.24, 2.45) is 10.7 Å². The minimum absolute atomic E-state index is 0.0555. The fourth-order valence-corrected chi connectivity index (χ4v) is 2.53. The summed E-state index contributed by atoms with van der Waals surface area (Å²) in [6, 6.07) is 5.55. The molecule has 0 unspecified atom stereocenters. The maximum absolute atomic E-state index is 15.0. The van der Waals surface area contributed by atoms with Crippen LogP contribution in [0.5, 0.6) is 0 Å². The van der Waals surface area contributed by atoms with Crippen LogP contribution in [0.4, 0.5) is 14.6 Å². The van der Waals surface area contributed by atoms with Crippen molar-refractivity contribution in [1.29, 1.82) is 5.26 Å². The number of nitrogens with zero attached hydrogens (tertiary/aromatic N) is 4. The Morgan fingerprint density at radius 2 is 2.26 bits per heavy atom. The van der Waals surface area contributed by atoms with Crippen LogP contribution in [0.2, 0.25) is 0 Å². The molecule has 1 aliphatic rings. The molecule has 10 heteroatoms. The number of hydrogen-bond donors (Lipinski definition) is 2. The molecule has 3 heterocycles. The number of nitrogens with two attached hydrogens (primary N) is 1. The monoisotopic (exact) mass is 372 g/mol. The van der Waals surface area contributed by atoms with Crippen molar-refractivity contribution in [2.75, 3.05) is 18.5 Å². The van der Waals surface area contributed by atoms with Crippen molar-refractivity contribution in [3.63, 3.8) is 0 Å². The second-order valence-corrected chi connectivity index (χ2v) is 5.84. The van der Waals surface area contributed by atoms with Gasteiger partial charge in [-0.2, -0.15) is 5.26 Å². The highest BCUT2D eigenvalue weighted by Gasteiger charge is 2.39. The van der Waals surface area contributed by atoms with Crippen LogP contribution in [0.25, 0.3) is 0 Å². The second-order valence-electron chi connectivity index (χ2n) is 5.84. The number of rotatable bonds is 3. The van der Waals surface area contributed by atoms with E-state index < -0.39 is 29.8 Å². The molecule has 1 aliphatic heterocycles. The van der Waals surface area contributed by atoms with E-state index in [0.29, 0.717) is 11.1 Å². The van der Waals surface area contributed by atoms with Gasteiger partial charge in [0, 0.05) is 6.20 Å². The maximum atomic E-state index is 15.0. The normalized spacial score (nSPS) is 19.1. The summed E-state index contributed by atoms with van der Waals surface area (Å²) >= 11 is 0. The largest absolute Gasteiger partial charge is 0.385 e. The van der Waals surface area contributed by atoms with Gasteiger partial charge in [-0.1, -0.05) is 0 Å². The van der Waals surface area contributed by atoms with Crippen molar-refractivity contribution in [3.8, 4) is 6.07 Å². The molecule has 1 amide bonds. The first-order valence-electron chi connectivity index (χ1n) is 7.78. The fraction of sp³-hybridized carbons (Fsp3) is 0.235. The molecule has 2 aromatic rings. The molecule has 1 atom stereocenters. The van der Waals surface area contributed by atoms with Gasteiger partial charge in [-0.25, -0.2) is 23.7 Å². The van der Waals surface area contributed by atoms with E-state index in [1.165, 1.54) is 18.3 Å². The van der Waals surface area contributed by atoms with Crippen LogP contribution in [-0.2, 0) is 10.5 Å². The van der Waals surface area contributed by atoms with Gasteiger partial charge in [-0.15, -0.1) is 0 Å². The quantitative estimate of drug-likeness (QED) is 0.788. The van der Waals surface area contributed by atoms with Gasteiger partial charge in [-0.05, 0) is 30.7 Å². The zero-order valence-corrected chi connectivity index (χ0v) is 14.2. The smallest absolute Gasteiger partial charge is 0.275 e. The van der Waals surface area contributed by atoms with Crippen LogP contribution in [0.15, 0.2) is 29.4 Å². The first-order valence-corrected chi connectivity index (χ1v) is 7.78. The summed E-state index contributed by atoms with van der Waals surface area (Å²) in [7, 11) is 0. The van der Waals surface area contributed by atoms with Gasteiger partial charge in [0.05, 0.1) is 5.56 Å². The molecule has 8 nitrogen and oxygen atoms in total.